The first-order valence-corrected chi connectivity index (χ1v) is 7.73. The smallest absolute Gasteiger partial charge is 0.311 e. The molecule has 1 aliphatic carbocycles. The van der Waals surface area contributed by atoms with E-state index in [1.807, 2.05) is 0 Å². The van der Waals surface area contributed by atoms with Crippen LogP contribution < -0.4 is 5.32 Å². The summed E-state index contributed by atoms with van der Waals surface area (Å²) in [5.74, 6) is -0.773. The number of hydrogen-bond acceptors (Lipinski definition) is 3. The van der Waals surface area contributed by atoms with Gasteiger partial charge in [-0.1, -0.05) is 25.7 Å². The van der Waals surface area contributed by atoms with Gasteiger partial charge in [-0.25, -0.2) is 0 Å². The molecule has 0 aromatic carbocycles. The molecule has 2 N–H and O–H groups in total. The highest BCUT2D eigenvalue weighted by molar-refractivity contribution is 5.80. The number of carbonyl (C=O) groups excluding carboxylic acids is 1. The van der Waals surface area contributed by atoms with Crippen molar-refractivity contribution in [3.05, 3.63) is 0 Å². The third-order valence-electron chi connectivity index (χ3n) is 4.71. The minimum atomic E-state index is -0.758. The van der Waals surface area contributed by atoms with Gasteiger partial charge in [-0.3, -0.25) is 9.59 Å². The van der Waals surface area contributed by atoms with Crippen molar-refractivity contribution in [1.82, 2.24) is 5.32 Å². The molecule has 5 nitrogen and oxygen atoms in total. The zero-order valence-electron chi connectivity index (χ0n) is 12.0. The van der Waals surface area contributed by atoms with Crippen molar-refractivity contribution < 1.29 is 19.4 Å². The van der Waals surface area contributed by atoms with E-state index in [1.54, 1.807) is 0 Å². The van der Waals surface area contributed by atoms with Crippen molar-refractivity contribution in [3.8, 4) is 0 Å². The van der Waals surface area contributed by atoms with E-state index in [0.717, 1.165) is 38.5 Å². The lowest BCUT2D eigenvalue weighted by molar-refractivity contribution is -0.150. The number of nitrogens with one attached hydrogen (secondary N) is 1. The van der Waals surface area contributed by atoms with E-state index >= 15 is 0 Å². The molecule has 1 saturated carbocycles. The second-order valence-corrected chi connectivity index (χ2v) is 6.10. The molecule has 2 rings (SSSR count). The highest BCUT2D eigenvalue weighted by Gasteiger charge is 2.39. The van der Waals surface area contributed by atoms with Crippen LogP contribution in [0.25, 0.3) is 0 Å². The van der Waals surface area contributed by atoms with Gasteiger partial charge in [0, 0.05) is 25.7 Å². The second kappa shape index (κ2) is 7.07. The van der Waals surface area contributed by atoms with Gasteiger partial charge >= 0.3 is 5.97 Å². The zero-order chi connectivity index (χ0) is 14.4. The first-order valence-electron chi connectivity index (χ1n) is 7.73. The van der Waals surface area contributed by atoms with Crippen LogP contribution in [-0.4, -0.2) is 36.7 Å². The summed E-state index contributed by atoms with van der Waals surface area (Å²) in [4.78, 5) is 23.8. The van der Waals surface area contributed by atoms with Crippen LogP contribution in [0.15, 0.2) is 0 Å². The van der Waals surface area contributed by atoms with E-state index in [0.29, 0.717) is 26.1 Å². The van der Waals surface area contributed by atoms with Crippen molar-refractivity contribution in [2.24, 2.45) is 11.3 Å². The van der Waals surface area contributed by atoms with Gasteiger partial charge in [-0.2, -0.15) is 0 Å². The lowest BCUT2D eigenvalue weighted by Gasteiger charge is -2.29. The van der Waals surface area contributed by atoms with E-state index in [-0.39, 0.29) is 18.4 Å². The Labute approximate surface area is 120 Å². The molecule has 1 aliphatic heterocycles. The average molecular weight is 283 g/mol. The molecule has 0 aromatic heterocycles. The Morgan fingerprint density at radius 1 is 1.10 bits per heavy atom. The van der Waals surface area contributed by atoms with E-state index < -0.39 is 11.4 Å². The maximum atomic E-state index is 12.1. The van der Waals surface area contributed by atoms with E-state index in [1.165, 1.54) is 0 Å². The van der Waals surface area contributed by atoms with Crippen LogP contribution in [0.5, 0.6) is 0 Å². The average Bonchev–Trinajstić information content (AvgIpc) is 2.72. The number of aliphatic carboxylic acids is 1. The molecule has 0 unspecified atom stereocenters. The number of carboxylic acids is 1. The topological polar surface area (TPSA) is 75.6 Å². The Balaban J connectivity index is 1.91. The van der Waals surface area contributed by atoms with Crippen molar-refractivity contribution in [1.29, 1.82) is 0 Å². The monoisotopic (exact) mass is 283 g/mol. The van der Waals surface area contributed by atoms with Gasteiger partial charge in [-0.05, 0) is 25.7 Å². The minimum absolute atomic E-state index is 0.00169. The third-order valence-corrected chi connectivity index (χ3v) is 4.71. The Morgan fingerprint density at radius 3 is 2.25 bits per heavy atom. The van der Waals surface area contributed by atoms with Crippen molar-refractivity contribution in [2.45, 2.75) is 51.4 Å². The van der Waals surface area contributed by atoms with Crippen LogP contribution in [0.3, 0.4) is 0 Å². The molecule has 1 heterocycles. The first kappa shape index (κ1) is 15.3. The highest BCUT2D eigenvalue weighted by atomic mass is 16.5. The molecule has 2 fully saturated rings. The molecule has 1 saturated heterocycles. The van der Waals surface area contributed by atoms with Crippen LogP contribution in [-0.2, 0) is 14.3 Å². The summed E-state index contributed by atoms with van der Waals surface area (Å²) in [5.41, 5.74) is -0.753. The Kier molecular flexibility index (Phi) is 5.40. The molecule has 0 radical (unpaired) electrons. The molecule has 0 spiro atoms. The molecule has 1 amide bonds. The summed E-state index contributed by atoms with van der Waals surface area (Å²) in [5, 5.41) is 12.5. The van der Waals surface area contributed by atoms with Gasteiger partial charge in [0.15, 0.2) is 0 Å². The number of carboxylic acid groups (broad SMARTS) is 1. The van der Waals surface area contributed by atoms with Crippen LogP contribution in [0.4, 0.5) is 0 Å². The van der Waals surface area contributed by atoms with Gasteiger partial charge in [0.05, 0.1) is 5.41 Å². The fourth-order valence-corrected chi connectivity index (χ4v) is 3.23. The van der Waals surface area contributed by atoms with Crippen LogP contribution in [0.2, 0.25) is 0 Å². The van der Waals surface area contributed by atoms with Gasteiger partial charge in [0.25, 0.3) is 0 Å². The molecule has 114 valence electrons. The predicted octanol–water partition coefficient (Wildman–Crippen LogP) is 1.95. The Hall–Kier alpha value is -1.10. The lowest BCUT2D eigenvalue weighted by atomic mass is 9.80. The quantitative estimate of drug-likeness (QED) is 0.773. The van der Waals surface area contributed by atoms with Crippen LogP contribution in [0, 0.1) is 11.3 Å². The normalized spacial score (nSPS) is 23.8. The summed E-state index contributed by atoms with van der Waals surface area (Å²) in [6.07, 6.45) is 6.93. The third kappa shape index (κ3) is 3.72. The van der Waals surface area contributed by atoms with Crippen LogP contribution >= 0.6 is 0 Å². The Morgan fingerprint density at radius 2 is 1.70 bits per heavy atom. The molecule has 0 bridgehead atoms. The molecule has 5 heteroatoms. The van der Waals surface area contributed by atoms with Crippen molar-refractivity contribution in [2.75, 3.05) is 19.8 Å². The van der Waals surface area contributed by atoms with Gasteiger partial charge in [-0.15, -0.1) is 0 Å². The maximum Gasteiger partial charge on any atom is 0.311 e. The summed E-state index contributed by atoms with van der Waals surface area (Å²) in [6, 6.07) is 0. The molecular formula is C15H25NO4. The summed E-state index contributed by atoms with van der Waals surface area (Å²) in [7, 11) is 0. The molecule has 20 heavy (non-hydrogen) atoms. The van der Waals surface area contributed by atoms with Gasteiger partial charge in [0.2, 0.25) is 5.91 Å². The number of amides is 1. The zero-order valence-corrected chi connectivity index (χ0v) is 12.0. The van der Waals surface area contributed by atoms with Crippen molar-refractivity contribution in [3.63, 3.8) is 0 Å². The fraction of sp³-hybridized carbons (Fsp3) is 0.867. The van der Waals surface area contributed by atoms with E-state index in [9.17, 15) is 14.7 Å². The number of rotatable bonds is 4. The summed E-state index contributed by atoms with van der Waals surface area (Å²) < 4.78 is 5.24. The SMILES string of the molecule is O=C(NCC1(C(=O)O)CCCCCC1)C1CCOCC1. The maximum absolute atomic E-state index is 12.1. The molecule has 2 aliphatic rings. The van der Waals surface area contributed by atoms with Crippen molar-refractivity contribution >= 4 is 11.9 Å². The largest absolute Gasteiger partial charge is 0.481 e. The van der Waals surface area contributed by atoms with Gasteiger partial charge in [0.1, 0.15) is 0 Å². The molecular weight excluding hydrogens is 258 g/mol. The highest BCUT2D eigenvalue weighted by Crippen LogP contribution is 2.35. The predicted molar refractivity (Wildman–Crippen MR) is 74.3 cm³/mol. The fourth-order valence-electron chi connectivity index (χ4n) is 3.23. The number of carbonyl (C=O) groups is 2. The van der Waals surface area contributed by atoms with Crippen LogP contribution in [0.1, 0.15) is 51.4 Å². The minimum Gasteiger partial charge on any atom is -0.481 e. The standard InChI is InChI=1S/C15H25NO4/c17-13(12-5-9-20-10-6-12)16-11-15(14(18)19)7-3-1-2-4-8-15/h12H,1-11H2,(H,16,17)(H,18,19). The Bertz CT molecular complexity index is 342. The molecule has 0 atom stereocenters. The second-order valence-electron chi connectivity index (χ2n) is 6.10. The number of ether oxygens (including phenoxy) is 1. The molecule has 0 aromatic rings. The lowest BCUT2D eigenvalue weighted by Crippen LogP contribution is -2.45. The summed E-state index contributed by atoms with van der Waals surface area (Å²) in [6.45, 7) is 1.53. The summed E-state index contributed by atoms with van der Waals surface area (Å²) >= 11 is 0. The number of hydrogen-bond donors (Lipinski definition) is 2. The van der Waals surface area contributed by atoms with Gasteiger partial charge < -0.3 is 15.2 Å². The van der Waals surface area contributed by atoms with E-state index in [2.05, 4.69) is 5.32 Å². The first-order chi connectivity index (χ1) is 9.64. The van der Waals surface area contributed by atoms with E-state index in [4.69, 9.17) is 4.74 Å².